The molecule has 4 rings (SSSR count). The smallest absolute Gasteiger partial charge is 0.265 e. The second kappa shape index (κ2) is 7.61. The van der Waals surface area contributed by atoms with E-state index in [9.17, 15) is 9.59 Å². The van der Waals surface area contributed by atoms with E-state index in [0.717, 1.165) is 10.6 Å². The first-order valence-electron chi connectivity index (χ1n) is 8.60. The zero-order chi connectivity index (χ0) is 19.7. The topological polar surface area (TPSA) is 80.3 Å². The van der Waals surface area contributed by atoms with Gasteiger partial charge in [-0.1, -0.05) is 23.7 Å². The van der Waals surface area contributed by atoms with E-state index in [-0.39, 0.29) is 18.2 Å². The number of halogens is 1. The third-order valence-electron chi connectivity index (χ3n) is 4.16. The molecule has 6 nitrogen and oxygen atoms in total. The highest BCUT2D eigenvalue weighted by molar-refractivity contribution is 7.13. The van der Waals surface area contributed by atoms with Crippen molar-refractivity contribution in [2.75, 3.05) is 10.6 Å². The van der Waals surface area contributed by atoms with Crippen LogP contribution in [0.2, 0.25) is 5.02 Å². The highest BCUT2D eigenvalue weighted by Gasteiger charge is 2.23. The molecule has 1 aliphatic rings. The number of anilines is 2. The Balaban J connectivity index is 1.43. The number of nitrogens with one attached hydrogen (secondary N) is 2. The molecule has 0 saturated carbocycles. The molecule has 0 spiro atoms. The van der Waals surface area contributed by atoms with E-state index in [0.29, 0.717) is 27.8 Å². The molecule has 0 fully saturated rings. The fourth-order valence-corrected chi connectivity index (χ4v) is 3.81. The van der Waals surface area contributed by atoms with Crippen LogP contribution in [0.3, 0.4) is 0 Å². The monoisotopic (exact) mass is 413 g/mol. The number of rotatable bonds is 4. The first kappa shape index (κ1) is 18.5. The van der Waals surface area contributed by atoms with Gasteiger partial charge < -0.3 is 15.4 Å². The number of carbonyl (C=O) groups excluding carboxylic acids is 2. The van der Waals surface area contributed by atoms with E-state index < -0.39 is 6.10 Å². The van der Waals surface area contributed by atoms with Crippen molar-refractivity contribution in [3.63, 3.8) is 0 Å². The van der Waals surface area contributed by atoms with Gasteiger partial charge in [0, 0.05) is 21.7 Å². The highest BCUT2D eigenvalue weighted by atomic mass is 35.5. The summed E-state index contributed by atoms with van der Waals surface area (Å²) in [5, 5.41) is 8.90. The maximum absolute atomic E-state index is 12.4. The van der Waals surface area contributed by atoms with Crippen molar-refractivity contribution >= 4 is 46.1 Å². The van der Waals surface area contributed by atoms with Crippen LogP contribution in [0, 0.1) is 0 Å². The minimum absolute atomic E-state index is 0.147. The third-order valence-corrected chi connectivity index (χ3v) is 5.33. The quantitative estimate of drug-likeness (QED) is 0.665. The molecular formula is C20H16ClN3O3S. The van der Waals surface area contributed by atoms with Gasteiger partial charge in [0.1, 0.15) is 10.8 Å². The fourth-order valence-electron chi connectivity index (χ4n) is 2.80. The summed E-state index contributed by atoms with van der Waals surface area (Å²) >= 11 is 7.49. The Morgan fingerprint density at radius 2 is 2.18 bits per heavy atom. The fraction of sp³-hybridized carbons (Fsp3) is 0.150. The van der Waals surface area contributed by atoms with Crippen molar-refractivity contribution in [1.82, 2.24) is 4.98 Å². The summed E-state index contributed by atoms with van der Waals surface area (Å²) in [6.45, 7) is 1.68. The van der Waals surface area contributed by atoms with Crippen LogP contribution in [0.5, 0.6) is 5.75 Å². The maximum Gasteiger partial charge on any atom is 0.265 e. The lowest BCUT2D eigenvalue weighted by atomic mass is 10.2. The van der Waals surface area contributed by atoms with Crippen molar-refractivity contribution in [3.8, 4) is 16.3 Å². The molecule has 28 heavy (non-hydrogen) atoms. The van der Waals surface area contributed by atoms with Crippen molar-refractivity contribution < 1.29 is 14.3 Å². The maximum atomic E-state index is 12.4. The summed E-state index contributed by atoms with van der Waals surface area (Å²) in [7, 11) is 0. The lowest BCUT2D eigenvalue weighted by molar-refractivity contribution is -0.122. The zero-order valence-corrected chi connectivity index (χ0v) is 16.4. The molecule has 2 N–H and O–H groups in total. The van der Waals surface area contributed by atoms with E-state index in [1.807, 2.05) is 23.6 Å². The number of hydrogen-bond acceptors (Lipinski definition) is 5. The average Bonchev–Trinajstić information content (AvgIpc) is 3.11. The van der Waals surface area contributed by atoms with Gasteiger partial charge in [-0.3, -0.25) is 9.59 Å². The van der Waals surface area contributed by atoms with E-state index in [1.165, 1.54) is 11.3 Å². The van der Waals surface area contributed by atoms with Crippen molar-refractivity contribution in [2.24, 2.45) is 0 Å². The first-order chi connectivity index (χ1) is 13.5. The average molecular weight is 414 g/mol. The summed E-state index contributed by atoms with van der Waals surface area (Å²) in [6.07, 6.45) is -0.389. The normalized spacial score (nSPS) is 15.4. The molecule has 2 aromatic carbocycles. The molecule has 1 aliphatic heterocycles. The Kier molecular flexibility index (Phi) is 5.02. The molecule has 0 bridgehead atoms. The standard InChI is InChI=1S/C20H16ClN3O3S/c1-11-19(26)24-16-8-14(5-6-17(16)27-11)22-18(25)9-15-10-28-20(23-15)12-3-2-4-13(21)7-12/h2-8,10-11H,9H2,1H3,(H,22,25)(H,24,26)/t11-/m1/s1. The minimum Gasteiger partial charge on any atom is -0.479 e. The number of aromatic nitrogens is 1. The van der Waals surface area contributed by atoms with Gasteiger partial charge in [0.2, 0.25) is 5.91 Å². The zero-order valence-electron chi connectivity index (χ0n) is 14.9. The number of fused-ring (bicyclic) bond motifs is 1. The number of benzene rings is 2. The Labute approximate surface area is 170 Å². The summed E-state index contributed by atoms with van der Waals surface area (Å²) in [6, 6.07) is 12.6. The van der Waals surface area contributed by atoms with Crippen LogP contribution >= 0.6 is 22.9 Å². The number of amides is 2. The van der Waals surface area contributed by atoms with E-state index in [4.69, 9.17) is 16.3 Å². The second-order valence-corrected chi connectivity index (χ2v) is 7.63. The number of nitrogens with zero attached hydrogens (tertiary/aromatic N) is 1. The van der Waals surface area contributed by atoms with Gasteiger partial charge in [-0.15, -0.1) is 11.3 Å². The molecular weight excluding hydrogens is 398 g/mol. The van der Waals surface area contributed by atoms with Gasteiger partial charge in [0.15, 0.2) is 6.10 Å². The van der Waals surface area contributed by atoms with Crippen LogP contribution in [0.25, 0.3) is 10.6 Å². The Morgan fingerprint density at radius 3 is 3.00 bits per heavy atom. The van der Waals surface area contributed by atoms with Crippen LogP contribution in [-0.2, 0) is 16.0 Å². The third kappa shape index (κ3) is 4.00. The summed E-state index contributed by atoms with van der Waals surface area (Å²) < 4.78 is 5.51. The molecule has 0 unspecified atom stereocenters. The molecule has 0 radical (unpaired) electrons. The van der Waals surface area contributed by atoms with Crippen LogP contribution in [0.15, 0.2) is 47.8 Å². The summed E-state index contributed by atoms with van der Waals surface area (Å²) in [5.41, 5.74) is 2.72. The van der Waals surface area contributed by atoms with E-state index >= 15 is 0 Å². The van der Waals surface area contributed by atoms with Crippen molar-refractivity contribution in [3.05, 3.63) is 58.6 Å². The van der Waals surface area contributed by atoms with Gasteiger partial charge in [-0.25, -0.2) is 4.98 Å². The number of carbonyl (C=O) groups is 2. The number of ether oxygens (including phenoxy) is 1. The van der Waals surface area contributed by atoms with Gasteiger partial charge >= 0.3 is 0 Å². The molecule has 142 valence electrons. The number of hydrogen-bond donors (Lipinski definition) is 2. The van der Waals surface area contributed by atoms with Crippen LogP contribution in [-0.4, -0.2) is 22.9 Å². The van der Waals surface area contributed by atoms with Crippen molar-refractivity contribution in [1.29, 1.82) is 0 Å². The predicted octanol–water partition coefficient (Wildman–Crippen LogP) is 4.36. The van der Waals surface area contributed by atoms with E-state index in [1.54, 1.807) is 31.2 Å². The lowest BCUT2D eigenvalue weighted by Gasteiger charge is -2.23. The Hall–Kier alpha value is -2.90. The number of thiazole rings is 1. The summed E-state index contributed by atoms with van der Waals surface area (Å²) in [4.78, 5) is 28.6. The minimum atomic E-state index is -0.536. The molecule has 0 aliphatic carbocycles. The molecule has 2 amide bonds. The molecule has 3 aromatic rings. The van der Waals surface area contributed by atoms with Gasteiger partial charge in [0.05, 0.1) is 17.8 Å². The molecule has 1 atom stereocenters. The predicted molar refractivity (Wildman–Crippen MR) is 110 cm³/mol. The van der Waals surface area contributed by atoms with Gasteiger partial charge in [0.25, 0.3) is 5.91 Å². The highest BCUT2D eigenvalue weighted by Crippen LogP contribution is 2.32. The molecule has 1 aromatic heterocycles. The lowest BCUT2D eigenvalue weighted by Crippen LogP contribution is -2.34. The summed E-state index contributed by atoms with van der Waals surface area (Å²) in [5.74, 6) is 0.169. The van der Waals surface area contributed by atoms with E-state index in [2.05, 4.69) is 15.6 Å². The van der Waals surface area contributed by atoms with Crippen LogP contribution in [0.4, 0.5) is 11.4 Å². The Bertz CT molecular complexity index is 1070. The second-order valence-electron chi connectivity index (χ2n) is 6.34. The van der Waals surface area contributed by atoms with Crippen molar-refractivity contribution in [2.45, 2.75) is 19.4 Å². The first-order valence-corrected chi connectivity index (χ1v) is 9.85. The molecule has 8 heteroatoms. The van der Waals surface area contributed by atoms with Gasteiger partial charge in [-0.2, -0.15) is 0 Å². The SMILES string of the molecule is C[C@H]1Oc2ccc(NC(=O)Cc3csc(-c4cccc(Cl)c4)n3)cc2NC1=O. The molecule has 2 heterocycles. The van der Waals surface area contributed by atoms with Gasteiger partial charge in [-0.05, 0) is 37.3 Å². The van der Waals surface area contributed by atoms with Crippen LogP contribution in [0.1, 0.15) is 12.6 Å². The van der Waals surface area contributed by atoms with Crippen LogP contribution < -0.4 is 15.4 Å². The Morgan fingerprint density at radius 1 is 1.32 bits per heavy atom. The molecule has 0 saturated heterocycles. The largest absolute Gasteiger partial charge is 0.479 e.